The molecular formula is C65H43N3. The third-order valence-corrected chi connectivity index (χ3v) is 13.5. The molecule has 3 nitrogen and oxygen atoms in total. The Bertz CT molecular complexity index is 3950. The number of rotatable bonds is 8. The van der Waals surface area contributed by atoms with E-state index in [0.29, 0.717) is 0 Å². The first-order chi connectivity index (χ1) is 33.7. The highest BCUT2D eigenvalue weighted by Crippen LogP contribution is 2.40. The molecule has 0 atom stereocenters. The minimum absolute atomic E-state index is 0.958. The van der Waals surface area contributed by atoms with E-state index in [1.807, 2.05) is 12.1 Å². The molecule has 3 heteroatoms. The molecule has 0 bridgehead atoms. The van der Waals surface area contributed by atoms with Crippen LogP contribution in [0.4, 0.5) is 0 Å². The highest BCUT2D eigenvalue weighted by Gasteiger charge is 2.17. The number of hydrogen-bond donors (Lipinski definition) is 0. The molecule has 0 spiro atoms. The lowest BCUT2D eigenvalue weighted by Crippen LogP contribution is -1.94. The summed E-state index contributed by atoms with van der Waals surface area (Å²) in [6.07, 6.45) is 0. The van der Waals surface area contributed by atoms with Gasteiger partial charge in [-0.2, -0.15) is 0 Å². The predicted molar refractivity (Wildman–Crippen MR) is 286 cm³/mol. The van der Waals surface area contributed by atoms with Gasteiger partial charge in [-0.05, 0) is 129 Å². The van der Waals surface area contributed by atoms with Crippen molar-refractivity contribution in [1.82, 2.24) is 14.1 Å². The maximum atomic E-state index is 5.12. The van der Waals surface area contributed by atoms with Gasteiger partial charge in [0.15, 0.2) is 0 Å². The van der Waals surface area contributed by atoms with Gasteiger partial charge < -0.3 is 9.13 Å². The molecule has 13 aromatic rings. The molecule has 0 aliphatic heterocycles. The summed E-state index contributed by atoms with van der Waals surface area (Å²) in [6.45, 7) is 0. The van der Waals surface area contributed by atoms with E-state index in [1.54, 1.807) is 0 Å². The molecule has 0 saturated carbocycles. The van der Waals surface area contributed by atoms with E-state index < -0.39 is 0 Å². The molecule has 0 unspecified atom stereocenters. The first-order valence-corrected chi connectivity index (χ1v) is 23.3. The van der Waals surface area contributed by atoms with Crippen molar-refractivity contribution in [2.45, 2.75) is 0 Å². The van der Waals surface area contributed by atoms with E-state index in [0.717, 1.165) is 39.3 Å². The van der Waals surface area contributed by atoms with Gasteiger partial charge in [0.1, 0.15) is 0 Å². The zero-order chi connectivity index (χ0) is 45.0. The van der Waals surface area contributed by atoms with Gasteiger partial charge in [-0.1, -0.05) is 176 Å². The molecular weight excluding hydrogens is 823 g/mol. The van der Waals surface area contributed by atoms with Crippen LogP contribution < -0.4 is 0 Å². The van der Waals surface area contributed by atoms with Crippen molar-refractivity contribution in [3.8, 4) is 78.4 Å². The number of fused-ring (bicyclic) bond motifs is 6. The van der Waals surface area contributed by atoms with Crippen LogP contribution in [-0.4, -0.2) is 14.1 Å². The van der Waals surface area contributed by atoms with E-state index in [2.05, 4.69) is 258 Å². The average molecular weight is 866 g/mol. The maximum Gasteiger partial charge on any atom is 0.0715 e. The van der Waals surface area contributed by atoms with E-state index in [-0.39, 0.29) is 0 Å². The summed E-state index contributed by atoms with van der Waals surface area (Å²) in [5.41, 5.74) is 20.6. The smallest absolute Gasteiger partial charge is 0.0715 e. The van der Waals surface area contributed by atoms with Crippen LogP contribution >= 0.6 is 0 Å². The highest BCUT2D eigenvalue weighted by molar-refractivity contribution is 6.12. The van der Waals surface area contributed by atoms with Crippen LogP contribution in [0.2, 0.25) is 0 Å². The summed E-state index contributed by atoms with van der Waals surface area (Å²) >= 11 is 0. The van der Waals surface area contributed by atoms with Gasteiger partial charge in [0.25, 0.3) is 0 Å². The number of pyridine rings is 1. The molecule has 0 aliphatic rings. The van der Waals surface area contributed by atoms with Crippen LogP contribution in [0, 0.1) is 0 Å². The fourth-order valence-electron chi connectivity index (χ4n) is 10.2. The largest absolute Gasteiger partial charge is 0.309 e. The quantitative estimate of drug-likeness (QED) is 0.149. The lowest BCUT2D eigenvalue weighted by atomic mass is 9.95. The summed E-state index contributed by atoms with van der Waals surface area (Å²) in [4.78, 5) is 5.12. The van der Waals surface area contributed by atoms with Crippen molar-refractivity contribution in [2.75, 3.05) is 0 Å². The summed E-state index contributed by atoms with van der Waals surface area (Å²) in [5, 5.41) is 4.98. The average Bonchev–Trinajstić information content (AvgIpc) is 3.94. The van der Waals surface area contributed by atoms with E-state index in [1.165, 1.54) is 82.7 Å². The molecule has 10 aromatic carbocycles. The Hall–Kier alpha value is -9.05. The van der Waals surface area contributed by atoms with Gasteiger partial charge >= 0.3 is 0 Å². The van der Waals surface area contributed by atoms with Crippen LogP contribution in [0.1, 0.15) is 0 Å². The first kappa shape index (κ1) is 39.3. The van der Waals surface area contributed by atoms with Crippen LogP contribution in [-0.2, 0) is 0 Å². The Morgan fingerprint density at radius 3 is 1.07 bits per heavy atom. The monoisotopic (exact) mass is 865 g/mol. The van der Waals surface area contributed by atoms with Crippen LogP contribution in [0.3, 0.4) is 0 Å². The minimum Gasteiger partial charge on any atom is -0.309 e. The number of aromatic nitrogens is 3. The second-order valence-electron chi connectivity index (χ2n) is 17.6. The van der Waals surface area contributed by atoms with E-state index in [4.69, 9.17) is 4.98 Å². The van der Waals surface area contributed by atoms with Crippen molar-refractivity contribution >= 4 is 43.6 Å². The van der Waals surface area contributed by atoms with E-state index in [9.17, 15) is 0 Å². The molecule has 0 radical (unpaired) electrons. The minimum atomic E-state index is 0.958. The molecule has 0 saturated heterocycles. The number of para-hydroxylation sites is 3. The standard InChI is InChI=1S/C65H43N3/c1-4-17-44(18-5-1)60-42-53(43-61(66-60)45-19-6-2-7-20-45)49-24-15-22-47(38-49)46-21-14-23-48(37-46)50-25-16-28-55(39-50)68-63-32-13-11-30-57(63)59-41-52(34-36-65(59)68)51-33-35-64-58(40-51)56-29-10-12-31-62(56)67(64)54-26-8-3-9-27-54/h1-43H. The van der Waals surface area contributed by atoms with Crippen LogP contribution in [0.5, 0.6) is 0 Å². The number of benzene rings is 10. The molecule has 68 heavy (non-hydrogen) atoms. The maximum absolute atomic E-state index is 5.12. The molecule has 0 N–H and O–H groups in total. The molecule has 3 aromatic heterocycles. The van der Waals surface area contributed by atoms with Gasteiger partial charge in [0, 0.05) is 44.0 Å². The van der Waals surface area contributed by atoms with Gasteiger partial charge in [0.2, 0.25) is 0 Å². The van der Waals surface area contributed by atoms with Crippen molar-refractivity contribution < 1.29 is 0 Å². The molecule has 318 valence electrons. The summed E-state index contributed by atoms with van der Waals surface area (Å²) in [6, 6.07) is 94.2. The second-order valence-corrected chi connectivity index (χ2v) is 17.6. The lowest BCUT2D eigenvalue weighted by molar-refractivity contribution is 1.18. The Balaban J connectivity index is 0.861. The van der Waals surface area contributed by atoms with Crippen molar-refractivity contribution in [3.63, 3.8) is 0 Å². The molecule has 0 aliphatic carbocycles. The zero-order valence-corrected chi connectivity index (χ0v) is 37.2. The Kier molecular flexibility index (Phi) is 9.50. The predicted octanol–water partition coefficient (Wildman–Crippen LogP) is 17.3. The lowest BCUT2D eigenvalue weighted by Gasteiger charge is -2.13. The van der Waals surface area contributed by atoms with Crippen molar-refractivity contribution in [1.29, 1.82) is 0 Å². The van der Waals surface area contributed by atoms with E-state index >= 15 is 0 Å². The Morgan fingerprint density at radius 1 is 0.206 bits per heavy atom. The van der Waals surface area contributed by atoms with Gasteiger partial charge in [-0.15, -0.1) is 0 Å². The van der Waals surface area contributed by atoms with Crippen molar-refractivity contribution in [3.05, 3.63) is 261 Å². The fourth-order valence-corrected chi connectivity index (χ4v) is 10.2. The summed E-state index contributed by atoms with van der Waals surface area (Å²) in [7, 11) is 0. The summed E-state index contributed by atoms with van der Waals surface area (Å²) < 4.78 is 4.80. The van der Waals surface area contributed by atoms with Crippen LogP contribution in [0.25, 0.3) is 122 Å². The van der Waals surface area contributed by atoms with Crippen LogP contribution in [0.15, 0.2) is 261 Å². The first-order valence-electron chi connectivity index (χ1n) is 23.3. The molecule has 0 amide bonds. The van der Waals surface area contributed by atoms with Crippen molar-refractivity contribution in [2.24, 2.45) is 0 Å². The Labute approximate surface area is 395 Å². The highest BCUT2D eigenvalue weighted by atomic mass is 15.0. The topological polar surface area (TPSA) is 22.8 Å². The fraction of sp³-hybridized carbons (Fsp3) is 0. The zero-order valence-electron chi connectivity index (χ0n) is 37.2. The van der Waals surface area contributed by atoms with Gasteiger partial charge in [-0.25, -0.2) is 4.98 Å². The molecule has 3 heterocycles. The Morgan fingerprint density at radius 2 is 0.559 bits per heavy atom. The SMILES string of the molecule is c1ccc(-c2cc(-c3cccc(-c4cccc(-c5cccc(-n6c7ccccc7c7cc(-c8ccc9c(c8)c8ccccc8n9-c8ccccc8)ccc76)c5)c4)c3)cc(-c3ccccc3)n2)cc1. The van der Waals surface area contributed by atoms with Gasteiger partial charge in [-0.3, -0.25) is 0 Å². The summed E-state index contributed by atoms with van der Waals surface area (Å²) in [5.74, 6) is 0. The van der Waals surface area contributed by atoms with Gasteiger partial charge in [0.05, 0.1) is 33.5 Å². The molecule has 13 rings (SSSR count). The molecule has 0 fully saturated rings. The number of hydrogen-bond acceptors (Lipinski definition) is 1. The number of nitrogens with zero attached hydrogens (tertiary/aromatic N) is 3. The second kappa shape index (κ2) is 16.4. The normalized spacial score (nSPS) is 11.5. The third-order valence-electron chi connectivity index (χ3n) is 13.5. The third kappa shape index (κ3) is 6.88.